The molecule has 4 heterocycles. The van der Waals surface area contributed by atoms with E-state index in [0.717, 1.165) is 37.6 Å². The van der Waals surface area contributed by atoms with Crippen LogP contribution in [0.5, 0.6) is 0 Å². The summed E-state index contributed by atoms with van der Waals surface area (Å²) in [6.45, 7) is 2.53. The van der Waals surface area contributed by atoms with Gasteiger partial charge >= 0.3 is 0 Å². The molecular formula is C17H21N5O3. The average Bonchev–Trinajstić information content (AvgIpc) is 3.32. The van der Waals surface area contributed by atoms with E-state index in [-0.39, 0.29) is 17.7 Å². The SMILES string of the molecule is O=CN1CCCC(Nc2ncnc3[nH]cc(C(=O)C4CCOC4)c23)C1. The van der Waals surface area contributed by atoms with Gasteiger partial charge in [0.25, 0.3) is 0 Å². The first kappa shape index (κ1) is 16.0. The number of aromatic amines is 1. The number of hydrogen-bond acceptors (Lipinski definition) is 6. The molecule has 0 radical (unpaired) electrons. The van der Waals surface area contributed by atoms with E-state index in [0.29, 0.717) is 36.8 Å². The zero-order chi connectivity index (χ0) is 17.2. The molecule has 0 bridgehead atoms. The molecule has 2 aliphatic heterocycles. The van der Waals surface area contributed by atoms with Gasteiger partial charge in [0.15, 0.2) is 5.78 Å². The van der Waals surface area contributed by atoms with Gasteiger partial charge in [0.2, 0.25) is 6.41 Å². The number of rotatable bonds is 5. The molecule has 0 spiro atoms. The third-order valence-electron chi connectivity index (χ3n) is 4.98. The molecule has 0 aromatic carbocycles. The second-order valence-corrected chi connectivity index (χ2v) is 6.66. The van der Waals surface area contributed by atoms with Crippen LogP contribution in [0.3, 0.4) is 0 Å². The molecule has 25 heavy (non-hydrogen) atoms. The number of ether oxygens (including phenoxy) is 1. The third kappa shape index (κ3) is 3.09. The number of amides is 1. The topological polar surface area (TPSA) is 100 Å². The minimum atomic E-state index is -0.104. The van der Waals surface area contributed by atoms with Gasteiger partial charge in [0.05, 0.1) is 12.0 Å². The summed E-state index contributed by atoms with van der Waals surface area (Å²) in [5.41, 5.74) is 1.25. The molecule has 1 amide bonds. The maximum atomic E-state index is 12.8. The fourth-order valence-electron chi connectivity index (χ4n) is 3.64. The van der Waals surface area contributed by atoms with Crippen LogP contribution in [0.25, 0.3) is 11.0 Å². The number of piperidine rings is 1. The monoisotopic (exact) mass is 343 g/mol. The number of fused-ring (bicyclic) bond motifs is 1. The Balaban J connectivity index is 1.63. The van der Waals surface area contributed by atoms with Crippen LogP contribution in [-0.2, 0) is 9.53 Å². The van der Waals surface area contributed by atoms with Gasteiger partial charge in [-0.1, -0.05) is 0 Å². The standard InChI is InChI=1S/C17H21N5O3/c23-10-22-4-1-2-12(7-22)21-17-14-13(6-18-16(14)19-9-20-17)15(24)11-3-5-25-8-11/h6,9-12H,1-5,7-8H2,(H2,18,19,20,21). The van der Waals surface area contributed by atoms with Gasteiger partial charge in [0, 0.05) is 43.4 Å². The highest BCUT2D eigenvalue weighted by Crippen LogP contribution is 2.29. The van der Waals surface area contributed by atoms with Crippen molar-refractivity contribution in [2.45, 2.75) is 25.3 Å². The van der Waals surface area contributed by atoms with Crippen molar-refractivity contribution in [2.24, 2.45) is 5.92 Å². The number of carbonyl (C=O) groups is 2. The van der Waals surface area contributed by atoms with E-state index in [9.17, 15) is 9.59 Å². The molecular weight excluding hydrogens is 322 g/mol. The van der Waals surface area contributed by atoms with Crippen molar-refractivity contribution in [1.29, 1.82) is 0 Å². The summed E-state index contributed by atoms with van der Waals surface area (Å²) in [7, 11) is 0. The van der Waals surface area contributed by atoms with Gasteiger partial charge in [-0.2, -0.15) is 0 Å². The minimum Gasteiger partial charge on any atom is -0.381 e. The van der Waals surface area contributed by atoms with Gasteiger partial charge < -0.3 is 19.9 Å². The number of Topliss-reactive ketones (excluding diaryl/α,β-unsaturated/α-hetero) is 1. The molecule has 132 valence electrons. The number of likely N-dealkylation sites (tertiary alicyclic amines) is 1. The smallest absolute Gasteiger partial charge is 0.209 e. The lowest BCUT2D eigenvalue weighted by Gasteiger charge is -2.30. The summed E-state index contributed by atoms with van der Waals surface area (Å²) in [6, 6.07) is 0.115. The molecule has 2 aromatic heterocycles. The van der Waals surface area contributed by atoms with Crippen LogP contribution < -0.4 is 5.32 Å². The molecule has 2 saturated heterocycles. The molecule has 8 heteroatoms. The van der Waals surface area contributed by atoms with Crippen LogP contribution in [0.2, 0.25) is 0 Å². The zero-order valence-electron chi connectivity index (χ0n) is 13.9. The predicted octanol–water partition coefficient (Wildman–Crippen LogP) is 1.21. The first-order valence-electron chi connectivity index (χ1n) is 8.66. The van der Waals surface area contributed by atoms with Crippen LogP contribution in [0.4, 0.5) is 5.82 Å². The van der Waals surface area contributed by atoms with E-state index < -0.39 is 0 Å². The molecule has 4 rings (SSSR count). The number of nitrogens with one attached hydrogen (secondary N) is 2. The average molecular weight is 343 g/mol. The lowest BCUT2D eigenvalue weighted by Crippen LogP contribution is -2.41. The summed E-state index contributed by atoms with van der Waals surface area (Å²) in [5.74, 6) is 0.610. The summed E-state index contributed by atoms with van der Waals surface area (Å²) < 4.78 is 5.35. The first-order valence-corrected chi connectivity index (χ1v) is 8.66. The van der Waals surface area contributed by atoms with Crippen LogP contribution in [0, 0.1) is 5.92 Å². The van der Waals surface area contributed by atoms with Gasteiger partial charge in [-0.25, -0.2) is 9.97 Å². The molecule has 2 aromatic rings. The highest BCUT2D eigenvalue weighted by molar-refractivity contribution is 6.11. The minimum absolute atomic E-state index is 0.0692. The van der Waals surface area contributed by atoms with E-state index in [1.165, 1.54) is 6.33 Å². The molecule has 2 unspecified atom stereocenters. The van der Waals surface area contributed by atoms with Crippen molar-refractivity contribution in [2.75, 3.05) is 31.6 Å². The maximum absolute atomic E-state index is 12.8. The number of carbonyl (C=O) groups excluding carboxylic acids is 2. The fraction of sp³-hybridized carbons (Fsp3) is 0.529. The summed E-state index contributed by atoms with van der Waals surface area (Å²) in [5, 5.41) is 4.13. The normalized spacial score (nSPS) is 23.8. The zero-order valence-corrected chi connectivity index (χ0v) is 13.9. The van der Waals surface area contributed by atoms with Crippen LogP contribution in [-0.4, -0.2) is 64.4 Å². The van der Waals surface area contributed by atoms with Crippen LogP contribution in [0.15, 0.2) is 12.5 Å². The van der Waals surface area contributed by atoms with E-state index in [2.05, 4.69) is 20.3 Å². The second kappa shape index (κ2) is 6.79. The van der Waals surface area contributed by atoms with Gasteiger partial charge in [-0.05, 0) is 19.3 Å². The molecule has 0 aliphatic carbocycles. The molecule has 2 fully saturated rings. The number of anilines is 1. The summed E-state index contributed by atoms with van der Waals surface area (Å²) in [4.78, 5) is 37.3. The Hall–Kier alpha value is -2.48. The van der Waals surface area contributed by atoms with Gasteiger partial charge in [0.1, 0.15) is 17.8 Å². The van der Waals surface area contributed by atoms with E-state index in [1.807, 2.05) is 0 Å². The summed E-state index contributed by atoms with van der Waals surface area (Å²) >= 11 is 0. The number of hydrogen-bond donors (Lipinski definition) is 2. The van der Waals surface area contributed by atoms with Crippen molar-refractivity contribution in [1.82, 2.24) is 19.9 Å². The Bertz CT molecular complexity index is 784. The van der Waals surface area contributed by atoms with Crippen molar-refractivity contribution >= 4 is 29.0 Å². The third-order valence-corrected chi connectivity index (χ3v) is 4.98. The molecule has 2 atom stereocenters. The number of aromatic nitrogens is 3. The Morgan fingerprint density at radius 2 is 2.32 bits per heavy atom. The molecule has 2 N–H and O–H groups in total. The van der Waals surface area contributed by atoms with E-state index >= 15 is 0 Å². The Kier molecular flexibility index (Phi) is 4.35. The van der Waals surface area contributed by atoms with Gasteiger partial charge in [-0.3, -0.25) is 9.59 Å². The lowest BCUT2D eigenvalue weighted by atomic mass is 9.97. The Morgan fingerprint density at radius 1 is 1.40 bits per heavy atom. The highest BCUT2D eigenvalue weighted by atomic mass is 16.5. The fourth-order valence-corrected chi connectivity index (χ4v) is 3.64. The summed E-state index contributed by atoms with van der Waals surface area (Å²) in [6.07, 6.45) is 6.73. The van der Waals surface area contributed by atoms with Crippen molar-refractivity contribution in [3.05, 3.63) is 18.1 Å². The number of ketones is 1. The highest BCUT2D eigenvalue weighted by Gasteiger charge is 2.28. The van der Waals surface area contributed by atoms with E-state index in [4.69, 9.17) is 4.74 Å². The largest absolute Gasteiger partial charge is 0.381 e. The van der Waals surface area contributed by atoms with Crippen molar-refractivity contribution in [3.63, 3.8) is 0 Å². The quantitative estimate of drug-likeness (QED) is 0.625. The Labute approximate surface area is 145 Å². The van der Waals surface area contributed by atoms with Crippen molar-refractivity contribution in [3.8, 4) is 0 Å². The molecule has 8 nitrogen and oxygen atoms in total. The Morgan fingerprint density at radius 3 is 3.12 bits per heavy atom. The van der Waals surface area contributed by atoms with Crippen LogP contribution in [0.1, 0.15) is 29.6 Å². The van der Waals surface area contributed by atoms with Crippen molar-refractivity contribution < 1.29 is 14.3 Å². The predicted molar refractivity (Wildman–Crippen MR) is 91.4 cm³/mol. The van der Waals surface area contributed by atoms with Gasteiger partial charge in [-0.15, -0.1) is 0 Å². The molecule has 2 aliphatic rings. The second-order valence-electron chi connectivity index (χ2n) is 6.66. The number of H-pyrrole nitrogens is 1. The lowest BCUT2D eigenvalue weighted by molar-refractivity contribution is -0.119. The molecule has 0 saturated carbocycles. The van der Waals surface area contributed by atoms with Crippen LogP contribution >= 0.6 is 0 Å². The maximum Gasteiger partial charge on any atom is 0.209 e. The first-order chi connectivity index (χ1) is 12.3. The number of nitrogens with zero attached hydrogens (tertiary/aromatic N) is 3. The van der Waals surface area contributed by atoms with E-state index in [1.54, 1.807) is 11.1 Å².